The molecule has 3 atom stereocenters. The van der Waals surface area contributed by atoms with Gasteiger partial charge in [-0.3, -0.25) is 4.79 Å². The van der Waals surface area contributed by atoms with E-state index < -0.39 is 31.3 Å². The summed E-state index contributed by atoms with van der Waals surface area (Å²) in [6.07, 6.45) is 0. The number of nitrogens with zero attached hydrogens (tertiary/aromatic N) is 1. The van der Waals surface area contributed by atoms with Gasteiger partial charge < -0.3 is 19.1 Å². The summed E-state index contributed by atoms with van der Waals surface area (Å²) in [5, 5.41) is 12.3. The molecule has 1 amide bonds. The highest BCUT2D eigenvalue weighted by molar-refractivity contribution is 8.01. The molecule has 2 N–H and O–H groups in total. The Balaban J connectivity index is 2.07. The van der Waals surface area contributed by atoms with Crippen LogP contribution in [0, 0.1) is 0 Å². The zero-order valence-corrected chi connectivity index (χ0v) is 14.2. The zero-order chi connectivity index (χ0) is 15.8. The van der Waals surface area contributed by atoms with Crippen LogP contribution in [0.4, 0.5) is 0 Å². The number of carboxylic acid groups (broad SMARTS) is 1. The first-order valence-electron chi connectivity index (χ1n) is 6.88. The van der Waals surface area contributed by atoms with E-state index in [1.54, 1.807) is 0 Å². The number of hydrogen-bond acceptors (Lipinski definition) is 6. The van der Waals surface area contributed by atoms with Crippen molar-refractivity contribution in [3.8, 4) is 0 Å². The molecule has 21 heavy (non-hydrogen) atoms. The van der Waals surface area contributed by atoms with E-state index in [9.17, 15) is 14.7 Å². The fourth-order valence-electron chi connectivity index (χ4n) is 2.59. The average molecular weight is 336 g/mol. The highest BCUT2D eigenvalue weighted by Gasteiger charge is 2.64. The smallest absolute Gasteiger partial charge is 0.327 e. The highest BCUT2D eigenvalue weighted by atomic mass is 32.2. The van der Waals surface area contributed by atoms with E-state index in [4.69, 9.17) is 9.05 Å². The second-order valence-electron chi connectivity index (χ2n) is 5.30. The molecule has 0 aromatic carbocycles. The summed E-state index contributed by atoms with van der Waals surface area (Å²) in [5.74, 6) is -1.16. The Bertz CT molecular complexity index is 430. The van der Waals surface area contributed by atoms with E-state index in [0.29, 0.717) is 13.2 Å². The predicted molar refractivity (Wildman–Crippen MR) is 80.8 cm³/mol. The fourth-order valence-corrected chi connectivity index (χ4v) is 5.49. The van der Waals surface area contributed by atoms with Crippen LogP contribution in [0.5, 0.6) is 0 Å². The van der Waals surface area contributed by atoms with Gasteiger partial charge in [-0.05, 0) is 27.7 Å². The molecule has 0 saturated carbocycles. The molecule has 0 aliphatic carbocycles. The molecule has 2 aliphatic heterocycles. The lowest BCUT2D eigenvalue weighted by atomic mass is 9.96. The molecule has 0 radical (unpaired) electrons. The van der Waals surface area contributed by atoms with Crippen LogP contribution in [0.3, 0.4) is 0 Å². The number of aliphatic carboxylic acids is 1. The minimum absolute atomic E-state index is 0.181. The summed E-state index contributed by atoms with van der Waals surface area (Å²) in [7, 11) is -1.32. The number of carbonyl (C=O) groups excluding carboxylic acids is 1. The third-order valence-electron chi connectivity index (χ3n) is 3.41. The largest absolute Gasteiger partial charge is 0.480 e. The van der Waals surface area contributed by atoms with Gasteiger partial charge in [-0.2, -0.15) is 0 Å². The lowest BCUT2D eigenvalue weighted by molar-refractivity contribution is -0.159. The molecular weight excluding hydrogens is 315 g/mol. The van der Waals surface area contributed by atoms with Crippen molar-refractivity contribution < 1.29 is 23.7 Å². The second-order valence-corrected chi connectivity index (χ2v) is 8.36. The van der Waals surface area contributed by atoms with Gasteiger partial charge in [0.15, 0.2) is 0 Å². The van der Waals surface area contributed by atoms with Gasteiger partial charge in [0.1, 0.15) is 17.5 Å². The van der Waals surface area contributed by atoms with Gasteiger partial charge in [0.25, 0.3) is 8.53 Å². The maximum absolute atomic E-state index is 12.3. The monoisotopic (exact) mass is 336 g/mol. The molecule has 0 unspecified atom stereocenters. The van der Waals surface area contributed by atoms with Crippen molar-refractivity contribution in [3.63, 3.8) is 0 Å². The van der Waals surface area contributed by atoms with E-state index in [-0.39, 0.29) is 11.3 Å². The van der Waals surface area contributed by atoms with Gasteiger partial charge >= 0.3 is 5.97 Å². The summed E-state index contributed by atoms with van der Waals surface area (Å²) >= 11 is 1.51. The molecular formula is C12H21N2O5PS. The quantitative estimate of drug-likeness (QED) is 0.536. The maximum Gasteiger partial charge on any atom is 0.327 e. The van der Waals surface area contributed by atoms with Crippen molar-refractivity contribution in [3.05, 3.63) is 0 Å². The molecule has 0 bridgehead atoms. The van der Waals surface area contributed by atoms with Crippen LogP contribution in [-0.2, 0) is 18.6 Å². The first kappa shape index (κ1) is 17.0. The van der Waals surface area contributed by atoms with Gasteiger partial charge in [0.05, 0.1) is 13.2 Å². The predicted octanol–water partition coefficient (Wildman–Crippen LogP) is 1.39. The van der Waals surface area contributed by atoms with Crippen LogP contribution >= 0.6 is 20.3 Å². The molecule has 9 heteroatoms. The van der Waals surface area contributed by atoms with Crippen molar-refractivity contribution in [2.24, 2.45) is 0 Å². The number of rotatable bonds is 7. The minimum atomic E-state index is -1.32. The van der Waals surface area contributed by atoms with Crippen LogP contribution < -0.4 is 5.09 Å². The molecule has 2 aliphatic rings. The van der Waals surface area contributed by atoms with Crippen LogP contribution in [0.1, 0.15) is 27.7 Å². The van der Waals surface area contributed by atoms with Gasteiger partial charge in [-0.1, -0.05) is 0 Å². The number of thioether (sulfide) groups is 1. The molecule has 2 heterocycles. The van der Waals surface area contributed by atoms with E-state index in [1.807, 2.05) is 27.7 Å². The topological polar surface area (TPSA) is 88.1 Å². The summed E-state index contributed by atoms with van der Waals surface area (Å²) < 4.78 is 10.4. The molecule has 2 rings (SSSR count). The third-order valence-corrected chi connectivity index (χ3v) is 6.46. The minimum Gasteiger partial charge on any atom is -0.480 e. The number of carbonyl (C=O) groups is 2. The van der Waals surface area contributed by atoms with E-state index in [2.05, 4.69) is 5.09 Å². The van der Waals surface area contributed by atoms with E-state index in [0.717, 1.165) is 0 Å². The van der Waals surface area contributed by atoms with Crippen LogP contribution in [0.2, 0.25) is 0 Å². The van der Waals surface area contributed by atoms with Crippen LogP contribution in [0.25, 0.3) is 0 Å². The lowest BCUT2D eigenvalue weighted by Gasteiger charge is -2.44. The van der Waals surface area contributed by atoms with Gasteiger partial charge in [0.2, 0.25) is 5.91 Å². The first-order chi connectivity index (χ1) is 9.83. The maximum atomic E-state index is 12.3. The second kappa shape index (κ2) is 6.38. The van der Waals surface area contributed by atoms with Crippen molar-refractivity contribution >= 4 is 32.2 Å². The van der Waals surface area contributed by atoms with E-state index >= 15 is 0 Å². The number of hydrogen-bond donors (Lipinski definition) is 2. The number of carboxylic acids is 1. The van der Waals surface area contributed by atoms with Gasteiger partial charge in [-0.15, -0.1) is 11.8 Å². The fraction of sp³-hybridized carbons (Fsp3) is 0.833. The standard InChI is InChI=1S/C12H21N2O5PS/c1-5-18-20(19-6-2)13-7-9(15)14-8(11(16)17)12(3,4)21-10(7)14/h7-8,10,13H,5-6H2,1-4H3,(H,16,17)/t7-,8+,10-/m1/s1. The molecule has 0 aromatic rings. The molecule has 0 aromatic heterocycles. The normalized spacial score (nSPS) is 30.4. The summed E-state index contributed by atoms with van der Waals surface area (Å²) in [5.41, 5.74) is 0. The van der Waals surface area contributed by atoms with Crippen molar-refractivity contribution in [2.75, 3.05) is 13.2 Å². The number of β-lactam (4-membered cyclic amide) rings is 1. The van der Waals surface area contributed by atoms with Crippen molar-refractivity contribution in [1.82, 2.24) is 9.99 Å². The Morgan fingerprint density at radius 3 is 2.48 bits per heavy atom. The molecule has 120 valence electrons. The van der Waals surface area contributed by atoms with E-state index in [1.165, 1.54) is 16.7 Å². The average Bonchev–Trinajstić information content (AvgIpc) is 2.65. The van der Waals surface area contributed by atoms with Gasteiger partial charge in [0, 0.05) is 4.75 Å². The summed E-state index contributed by atoms with van der Waals surface area (Å²) in [6.45, 7) is 8.41. The number of amides is 1. The molecule has 7 nitrogen and oxygen atoms in total. The molecule has 2 saturated heterocycles. The Kier molecular flexibility index (Phi) is 5.15. The first-order valence-corrected chi connectivity index (χ1v) is 8.94. The Morgan fingerprint density at radius 1 is 1.43 bits per heavy atom. The number of nitrogens with one attached hydrogen (secondary N) is 1. The highest BCUT2D eigenvalue weighted by Crippen LogP contribution is 2.52. The lowest BCUT2D eigenvalue weighted by Crippen LogP contribution is -2.69. The Labute approximate surface area is 129 Å². The van der Waals surface area contributed by atoms with Crippen molar-refractivity contribution in [2.45, 2.75) is 49.9 Å². The summed E-state index contributed by atoms with van der Waals surface area (Å²) in [4.78, 5) is 25.1. The molecule has 0 spiro atoms. The number of fused-ring (bicyclic) bond motifs is 1. The Morgan fingerprint density at radius 2 is 2.00 bits per heavy atom. The SMILES string of the molecule is CCOP(N[C@@H]1C(=O)N2[C@@H]1SC(C)(C)[C@@H]2C(=O)O)OCC. The van der Waals surface area contributed by atoms with Crippen molar-refractivity contribution in [1.29, 1.82) is 0 Å². The third kappa shape index (κ3) is 3.05. The van der Waals surface area contributed by atoms with Gasteiger partial charge in [-0.25, -0.2) is 9.88 Å². The Hall–Kier alpha value is -0.400. The molecule has 2 fully saturated rings. The van der Waals surface area contributed by atoms with Crippen LogP contribution in [0.15, 0.2) is 0 Å². The summed E-state index contributed by atoms with van der Waals surface area (Å²) in [6, 6.07) is -1.23. The van der Waals surface area contributed by atoms with Crippen LogP contribution in [-0.4, -0.2) is 57.3 Å². The zero-order valence-electron chi connectivity index (χ0n) is 12.5.